The fourth-order valence-corrected chi connectivity index (χ4v) is 5.28. The third-order valence-corrected chi connectivity index (χ3v) is 7.34. The van der Waals surface area contributed by atoms with Crippen LogP contribution in [-0.4, -0.2) is 69.2 Å². The lowest BCUT2D eigenvalue weighted by molar-refractivity contribution is -0.232. The van der Waals surface area contributed by atoms with E-state index in [1.165, 1.54) is 24.3 Å². The zero-order valence-electron chi connectivity index (χ0n) is 24.7. The van der Waals surface area contributed by atoms with Crippen LogP contribution in [0.25, 0.3) is 5.70 Å². The summed E-state index contributed by atoms with van der Waals surface area (Å²) < 4.78 is 47.9. The minimum atomic E-state index is -5.13. The smallest absolute Gasteiger partial charge is 0.416 e. The third kappa shape index (κ3) is 6.78. The van der Waals surface area contributed by atoms with Gasteiger partial charge in [0, 0.05) is 24.3 Å². The highest BCUT2D eigenvalue weighted by atomic mass is 19.4. The van der Waals surface area contributed by atoms with Crippen molar-refractivity contribution in [1.29, 1.82) is 0 Å². The van der Waals surface area contributed by atoms with E-state index in [4.69, 9.17) is 4.74 Å². The molecular formula is C33H34F3N3O5. The summed E-state index contributed by atoms with van der Waals surface area (Å²) in [5, 5.41) is 12.2. The van der Waals surface area contributed by atoms with Crippen LogP contribution < -0.4 is 4.74 Å². The highest BCUT2D eigenvalue weighted by Gasteiger charge is 2.51. The van der Waals surface area contributed by atoms with Crippen LogP contribution in [-0.2, 0) is 16.0 Å². The van der Waals surface area contributed by atoms with E-state index in [0.717, 1.165) is 11.9 Å². The molecule has 0 fully saturated rings. The van der Waals surface area contributed by atoms with E-state index < -0.39 is 54.4 Å². The quantitative estimate of drug-likeness (QED) is 0.356. The molecule has 3 unspecified atom stereocenters. The molecule has 0 spiro atoms. The molecule has 1 heterocycles. The number of hydrogen-bond donors (Lipinski definition) is 1. The summed E-state index contributed by atoms with van der Waals surface area (Å²) in [6.07, 6.45) is -7.19. The van der Waals surface area contributed by atoms with E-state index in [-0.39, 0.29) is 11.3 Å². The predicted molar refractivity (Wildman–Crippen MR) is 158 cm³/mol. The Hall–Kier alpha value is -4.64. The molecule has 4 rings (SSSR count). The standard InChI is InChI=1S/C33H34F3N3O5/c1-21(2)29-32(43)39(38(22(3)40)27(30(41)33(34,35)36)18-23-12-7-5-8-13-23)28(25-16-11-17-26(19-25)44-4)20-37(29)31(42)24-14-9-6-10-15-24/h5-17,19-21,27,29-30,41H,18H2,1-4H3. The zero-order chi connectivity index (χ0) is 32.2. The normalized spacial score (nSPS) is 16.8. The number of hydrogen-bond acceptors (Lipinski definition) is 5. The van der Waals surface area contributed by atoms with Gasteiger partial charge in [0.25, 0.3) is 11.8 Å². The van der Waals surface area contributed by atoms with E-state index in [1.807, 2.05) is 0 Å². The van der Waals surface area contributed by atoms with Crippen molar-refractivity contribution < 1.29 is 37.4 Å². The molecule has 1 N–H and O–H groups in total. The van der Waals surface area contributed by atoms with Gasteiger partial charge in [0.2, 0.25) is 5.91 Å². The summed E-state index contributed by atoms with van der Waals surface area (Å²) in [5.74, 6) is -2.39. The van der Waals surface area contributed by atoms with E-state index in [1.54, 1.807) is 92.7 Å². The Morgan fingerprint density at radius 2 is 1.59 bits per heavy atom. The summed E-state index contributed by atoms with van der Waals surface area (Å²) in [4.78, 5) is 43.0. The van der Waals surface area contributed by atoms with Crippen LogP contribution in [0.3, 0.4) is 0 Å². The van der Waals surface area contributed by atoms with Crippen LogP contribution in [0.15, 0.2) is 91.1 Å². The molecule has 1 aliphatic rings. The van der Waals surface area contributed by atoms with Gasteiger partial charge in [0.15, 0.2) is 6.10 Å². The van der Waals surface area contributed by atoms with Gasteiger partial charge in [-0.15, -0.1) is 0 Å². The number of carbonyl (C=O) groups is 3. The van der Waals surface area contributed by atoms with Gasteiger partial charge >= 0.3 is 6.18 Å². The molecule has 3 amide bonds. The Balaban J connectivity index is 1.98. The number of halogens is 3. The SMILES string of the molecule is COc1cccc(C2=CN(C(=O)c3ccccc3)C(C(C)C)C(=O)N2N(C(C)=O)C(Cc2ccccc2)C(O)C(F)(F)F)c1. The van der Waals surface area contributed by atoms with Crippen LogP contribution >= 0.6 is 0 Å². The Kier molecular flexibility index (Phi) is 9.78. The molecule has 8 nitrogen and oxygen atoms in total. The fraction of sp³-hybridized carbons (Fsp3) is 0.303. The van der Waals surface area contributed by atoms with E-state index in [0.29, 0.717) is 21.9 Å². The first-order chi connectivity index (χ1) is 20.8. The van der Waals surface area contributed by atoms with Gasteiger partial charge in [-0.1, -0.05) is 74.5 Å². The lowest BCUT2D eigenvalue weighted by atomic mass is 9.96. The van der Waals surface area contributed by atoms with Crippen molar-refractivity contribution in [1.82, 2.24) is 14.9 Å². The Morgan fingerprint density at radius 3 is 2.14 bits per heavy atom. The van der Waals surface area contributed by atoms with Crippen molar-refractivity contribution in [2.45, 2.75) is 51.6 Å². The van der Waals surface area contributed by atoms with Gasteiger partial charge < -0.3 is 9.84 Å². The minimum Gasteiger partial charge on any atom is -0.497 e. The summed E-state index contributed by atoms with van der Waals surface area (Å²) in [6, 6.07) is 19.6. The van der Waals surface area contributed by atoms with Crippen molar-refractivity contribution in [3.63, 3.8) is 0 Å². The topological polar surface area (TPSA) is 90.4 Å². The second kappa shape index (κ2) is 13.3. The third-order valence-electron chi connectivity index (χ3n) is 7.34. The van der Waals surface area contributed by atoms with Crippen molar-refractivity contribution in [2.24, 2.45) is 5.92 Å². The van der Waals surface area contributed by atoms with Crippen LogP contribution in [0.5, 0.6) is 5.75 Å². The first kappa shape index (κ1) is 32.3. The summed E-state index contributed by atoms with van der Waals surface area (Å²) >= 11 is 0. The second-order valence-corrected chi connectivity index (χ2v) is 10.8. The van der Waals surface area contributed by atoms with Gasteiger partial charge in [0.1, 0.15) is 11.8 Å². The van der Waals surface area contributed by atoms with Gasteiger partial charge in [0.05, 0.1) is 18.8 Å². The van der Waals surface area contributed by atoms with Gasteiger partial charge in [-0.05, 0) is 42.2 Å². The number of aliphatic hydroxyl groups is 1. The van der Waals surface area contributed by atoms with Crippen LogP contribution in [0.4, 0.5) is 13.2 Å². The van der Waals surface area contributed by atoms with Crippen molar-refractivity contribution in [3.8, 4) is 5.75 Å². The molecule has 3 atom stereocenters. The molecule has 0 saturated heterocycles. The average Bonchev–Trinajstić information content (AvgIpc) is 3.00. The summed E-state index contributed by atoms with van der Waals surface area (Å²) in [7, 11) is 1.43. The molecule has 11 heteroatoms. The number of carbonyl (C=O) groups excluding carboxylic acids is 3. The van der Waals surface area contributed by atoms with Crippen molar-refractivity contribution in [3.05, 3.63) is 108 Å². The molecule has 3 aromatic carbocycles. The highest BCUT2D eigenvalue weighted by Crippen LogP contribution is 2.37. The Bertz CT molecular complexity index is 1510. The van der Waals surface area contributed by atoms with Gasteiger partial charge in [-0.3, -0.25) is 19.3 Å². The minimum absolute atomic E-state index is 0.0438. The molecule has 0 saturated carbocycles. The lowest BCUT2D eigenvalue weighted by Crippen LogP contribution is -2.65. The maximum Gasteiger partial charge on any atom is 0.416 e. The fourth-order valence-electron chi connectivity index (χ4n) is 5.28. The number of benzene rings is 3. The van der Waals surface area contributed by atoms with E-state index in [9.17, 15) is 32.7 Å². The molecule has 0 radical (unpaired) electrons. The first-order valence-corrected chi connectivity index (χ1v) is 14.0. The predicted octanol–water partition coefficient (Wildman–Crippen LogP) is 5.30. The van der Waals surface area contributed by atoms with Crippen LogP contribution in [0, 0.1) is 5.92 Å². The summed E-state index contributed by atoms with van der Waals surface area (Å²) in [6.45, 7) is 4.42. The molecule has 232 valence electrons. The largest absolute Gasteiger partial charge is 0.497 e. The zero-order valence-corrected chi connectivity index (χ0v) is 24.7. The molecule has 0 aromatic heterocycles. The number of nitrogens with zero attached hydrogens (tertiary/aromatic N) is 3. The molecule has 44 heavy (non-hydrogen) atoms. The Labute approximate surface area is 253 Å². The number of amides is 3. The molecule has 0 aliphatic carbocycles. The molecular weight excluding hydrogens is 575 g/mol. The highest BCUT2D eigenvalue weighted by molar-refractivity contribution is 6.03. The average molecular weight is 610 g/mol. The van der Waals surface area contributed by atoms with Gasteiger partial charge in [-0.2, -0.15) is 13.2 Å². The number of alkyl halides is 3. The number of ether oxygens (including phenoxy) is 1. The van der Waals surface area contributed by atoms with Crippen molar-refractivity contribution in [2.75, 3.05) is 7.11 Å². The van der Waals surface area contributed by atoms with Crippen molar-refractivity contribution >= 4 is 23.4 Å². The van der Waals surface area contributed by atoms with Crippen LogP contribution in [0.2, 0.25) is 0 Å². The number of methoxy groups -OCH3 is 1. The Morgan fingerprint density at radius 1 is 0.977 bits per heavy atom. The summed E-state index contributed by atoms with van der Waals surface area (Å²) in [5.41, 5.74) is 0.943. The van der Waals surface area contributed by atoms with E-state index >= 15 is 0 Å². The lowest BCUT2D eigenvalue weighted by Gasteiger charge is -2.48. The second-order valence-electron chi connectivity index (χ2n) is 10.8. The first-order valence-electron chi connectivity index (χ1n) is 14.0. The molecule has 0 bridgehead atoms. The molecule has 1 aliphatic heterocycles. The van der Waals surface area contributed by atoms with Crippen LogP contribution in [0.1, 0.15) is 42.3 Å². The monoisotopic (exact) mass is 609 g/mol. The maximum absolute atomic E-state index is 14.5. The number of hydrazine groups is 1. The number of rotatable bonds is 9. The number of aliphatic hydroxyl groups excluding tert-OH is 1. The van der Waals surface area contributed by atoms with Gasteiger partial charge in [-0.25, -0.2) is 10.0 Å². The maximum atomic E-state index is 14.5. The molecule has 3 aromatic rings. The van der Waals surface area contributed by atoms with E-state index in [2.05, 4.69) is 0 Å².